The van der Waals surface area contributed by atoms with Gasteiger partial charge in [0, 0.05) is 14.1 Å². The van der Waals surface area contributed by atoms with Crippen LogP contribution < -0.4 is 0 Å². The number of alkyl halides is 3. The number of rotatable bonds is 2. The SMILES string of the molecule is CCC(C(=O)N(C)C)C(F)(F)F. The molecule has 0 saturated heterocycles. The van der Waals surface area contributed by atoms with E-state index >= 15 is 0 Å². The fraction of sp³-hybridized carbons (Fsp3) is 0.857. The van der Waals surface area contributed by atoms with Gasteiger partial charge in [0.1, 0.15) is 5.92 Å². The second-order valence-corrected chi connectivity index (χ2v) is 2.74. The van der Waals surface area contributed by atoms with Crippen molar-refractivity contribution in [3.05, 3.63) is 0 Å². The van der Waals surface area contributed by atoms with E-state index in [4.69, 9.17) is 0 Å². The van der Waals surface area contributed by atoms with Crippen LogP contribution in [-0.4, -0.2) is 31.1 Å². The average Bonchev–Trinajstić information content (AvgIpc) is 1.85. The maximum absolute atomic E-state index is 12.1. The second-order valence-electron chi connectivity index (χ2n) is 2.74. The number of carbonyl (C=O) groups excluding carboxylic acids is 1. The van der Waals surface area contributed by atoms with Crippen LogP contribution in [0.3, 0.4) is 0 Å². The minimum Gasteiger partial charge on any atom is -0.348 e. The maximum Gasteiger partial charge on any atom is 0.400 e. The lowest BCUT2D eigenvalue weighted by Gasteiger charge is -2.21. The van der Waals surface area contributed by atoms with Gasteiger partial charge < -0.3 is 4.90 Å². The van der Waals surface area contributed by atoms with Gasteiger partial charge in [-0.1, -0.05) is 6.92 Å². The molecule has 0 aromatic carbocycles. The fourth-order valence-corrected chi connectivity index (χ4v) is 0.858. The first-order valence-electron chi connectivity index (χ1n) is 3.58. The molecule has 0 fully saturated rings. The number of halogens is 3. The van der Waals surface area contributed by atoms with Gasteiger partial charge in [-0.2, -0.15) is 13.2 Å². The molecule has 72 valence electrons. The van der Waals surface area contributed by atoms with Crippen LogP contribution in [-0.2, 0) is 4.79 Å². The molecule has 5 heteroatoms. The molecule has 0 radical (unpaired) electrons. The van der Waals surface area contributed by atoms with Crippen molar-refractivity contribution in [3.8, 4) is 0 Å². The van der Waals surface area contributed by atoms with Gasteiger partial charge in [-0.15, -0.1) is 0 Å². The zero-order valence-corrected chi connectivity index (χ0v) is 7.27. The number of hydrogen-bond donors (Lipinski definition) is 0. The lowest BCUT2D eigenvalue weighted by Crippen LogP contribution is -2.38. The molecule has 0 aliphatic carbocycles. The largest absolute Gasteiger partial charge is 0.400 e. The zero-order valence-electron chi connectivity index (χ0n) is 7.27. The van der Waals surface area contributed by atoms with Gasteiger partial charge in [0.05, 0.1) is 0 Å². The fourth-order valence-electron chi connectivity index (χ4n) is 0.858. The van der Waals surface area contributed by atoms with E-state index in [1.165, 1.54) is 21.0 Å². The first-order valence-corrected chi connectivity index (χ1v) is 3.58. The lowest BCUT2D eigenvalue weighted by atomic mass is 10.1. The Morgan fingerprint density at radius 3 is 1.92 bits per heavy atom. The molecule has 0 aliphatic rings. The Bertz CT molecular complexity index is 165. The molecule has 0 N–H and O–H groups in total. The topological polar surface area (TPSA) is 20.3 Å². The first kappa shape index (κ1) is 11.3. The van der Waals surface area contributed by atoms with Crippen LogP contribution in [0.25, 0.3) is 0 Å². The molecule has 1 unspecified atom stereocenters. The molecule has 0 aliphatic heterocycles. The third kappa shape index (κ3) is 2.71. The Labute approximate surface area is 69.3 Å². The molecule has 0 aromatic rings. The van der Waals surface area contributed by atoms with E-state index in [0.29, 0.717) is 0 Å². The minimum absolute atomic E-state index is 0.208. The summed E-state index contributed by atoms with van der Waals surface area (Å²) in [6.07, 6.45) is -4.63. The highest BCUT2D eigenvalue weighted by molar-refractivity contribution is 5.78. The normalized spacial score (nSPS) is 14.2. The zero-order chi connectivity index (χ0) is 9.94. The summed E-state index contributed by atoms with van der Waals surface area (Å²) in [6.45, 7) is 1.35. The molecule has 0 spiro atoms. The van der Waals surface area contributed by atoms with Crippen molar-refractivity contribution >= 4 is 5.91 Å². The first-order chi connectivity index (χ1) is 5.30. The van der Waals surface area contributed by atoms with Crippen molar-refractivity contribution in [1.82, 2.24) is 4.90 Å². The molecule has 12 heavy (non-hydrogen) atoms. The van der Waals surface area contributed by atoms with E-state index in [1.54, 1.807) is 0 Å². The van der Waals surface area contributed by atoms with Gasteiger partial charge in [-0.3, -0.25) is 4.79 Å². The van der Waals surface area contributed by atoms with Crippen LogP contribution in [0.15, 0.2) is 0 Å². The Kier molecular flexibility index (Phi) is 3.55. The van der Waals surface area contributed by atoms with E-state index in [0.717, 1.165) is 4.90 Å². The predicted octanol–water partition coefficient (Wildman–Crippen LogP) is 1.66. The summed E-state index contributed by atoms with van der Waals surface area (Å²) in [5, 5.41) is 0. The van der Waals surface area contributed by atoms with E-state index in [1.807, 2.05) is 0 Å². The van der Waals surface area contributed by atoms with Gasteiger partial charge in [0.25, 0.3) is 0 Å². The van der Waals surface area contributed by atoms with Crippen LogP contribution in [0.1, 0.15) is 13.3 Å². The van der Waals surface area contributed by atoms with Crippen molar-refractivity contribution in [2.75, 3.05) is 14.1 Å². The minimum atomic E-state index is -4.42. The highest BCUT2D eigenvalue weighted by Crippen LogP contribution is 2.29. The molecule has 0 bridgehead atoms. The third-order valence-corrected chi connectivity index (χ3v) is 1.54. The third-order valence-electron chi connectivity index (χ3n) is 1.54. The highest BCUT2D eigenvalue weighted by Gasteiger charge is 2.43. The van der Waals surface area contributed by atoms with Gasteiger partial charge >= 0.3 is 6.18 Å². The number of amides is 1. The van der Waals surface area contributed by atoms with Crippen LogP contribution in [0, 0.1) is 5.92 Å². The monoisotopic (exact) mass is 183 g/mol. The number of nitrogens with zero attached hydrogens (tertiary/aromatic N) is 1. The van der Waals surface area contributed by atoms with Crippen LogP contribution in [0.4, 0.5) is 13.2 Å². The molecule has 2 nitrogen and oxygen atoms in total. The van der Waals surface area contributed by atoms with E-state index in [9.17, 15) is 18.0 Å². The van der Waals surface area contributed by atoms with Crippen molar-refractivity contribution in [1.29, 1.82) is 0 Å². The van der Waals surface area contributed by atoms with E-state index in [-0.39, 0.29) is 6.42 Å². The lowest BCUT2D eigenvalue weighted by molar-refractivity contribution is -0.188. The standard InChI is InChI=1S/C7H12F3NO/c1-4-5(7(8,9)10)6(12)11(2)3/h5H,4H2,1-3H3. The predicted molar refractivity (Wildman–Crippen MR) is 38.5 cm³/mol. The summed E-state index contributed by atoms with van der Waals surface area (Å²) in [5.74, 6) is -2.74. The van der Waals surface area contributed by atoms with Gasteiger partial charge in [0.2, 0.25) is 5.91 Å². The molecular formula is C7H12F3NO. The summed E-state index contributed by atoms with van der Waals surface area (Å²) < 4.78 is 36.3. The van der Waals surface area contributed by atoms with E-state index < -0.39 is 18.0 Å². The Morgan fingerprint density at radius 1 is 1.42 bits per heavy atom. The smallest absolute Gasteiger partial charge is 0.348 e. The van der Waals surface area contributed by atoms with Crippen molar-refractivity contribution in [3.63, 3.8) is 0 Å². The quantitative estimate of drug-likeness (QED) is 0.637. The van der Waals surface area contributed by atoms with E-state index in [2.05, 4.69) is 0 Å². The van der Waals surface area contributed by atoms with Crippen molar-refractivity contribution in [2.45, 2.75) is 19.5 Å². The average molecular weight is 183 g/mol. The molecule has 1 atom stereocenters. The summed E-state index contributed by atoms with van der Waals surface area (Å²) >= 11 is 0. The number of carbonyl (C=O) groups is 1. The van der Waals surface area contributed by atoms with Crippen LogP contribution >= 0.6 is 0 Å². The van der Waals surface area contributed by atoms with Crippen molar-refractivity contribution in [2.24, 2.45) is 5.92 Å². The van der Waals surface area contributed by atoms with Gasteiger partial charge in [-0.05, 0) is 6.42 Å². The second kappa shape index (κ2) is 3.78. The summed E-state index contributed by atoms with van der Waals surface area (Å²) in [7, 11) is 2.63. The summed E-state index contributed by atoms with van der Waals surface area (Å²) in [5.41, 5.74) is 0. The number of hydrogen-bond acceptors (Lipinski definition) is 1. The van der Waals surface area contributed by atoms with Gasteiger partial charge in [0.15, 0.2) is 0 Å². The summed E-state index contributed by atoms with van der Waals surface area (Å²) in [4.78, 5) is 11.9. The Balaban J connectivity index is 4.47. The van der Waals surface area contributed by atoms with Crippen molar-refractivity contribution < 1.29 is 18.0 Å². The highest BCUT2D eigenvalue weighted by atomic mass is 19.4. The van der Waals surface area contributed by atoms with Crippen LogP contribution in [0.2, 0.25) is 0 Å². The molecule has 1 amide bonds. The van der Waals surface area contributed by atoms with Crippen LogP contribution in [0.5, 0.6) is 0 Å². The molecule has 0 heterocycles. The molecule has 0 rings (SSSR count). The maximum atomic E-state index is 12.1. The molecular weight excluding hydrogens is 171 g/mol. The Morgan fingerprint density at radius 2 is 1.83 bits per heavy atom. The Hall–Kier alpha value is -0.740. The summed E-state index contributed by atoms with van der Waals surface area (Å²) in [6, 6.07) is 0. The molecule has 0 saturated carbocycles. The van der Waals surface area contributed by atoms with Gasteiger partial charge in [-0.25, -0.2) is 0 Å². The molecule has 0 aromatic heterocycles.